The van der Waals surface area contributed by atoms with Crippen LogP contribution < -0.4 is 0 Å². The first-order chi connectivity index (χ1) is 9.47. The molecule has 0 N–H and O–H groups in total. The van der Waals surface area contributed by atoms with E-state index in [9.17, 15) is 4.79 Å². The van der Waals surface area contributed by atoms with Crippen molar-refractivity contribution >= 4 is 6.09 Å². The number of carbonyl (C=O) groups excluding carboxylic acids is 1. The van der Waals surface area contributed by atoms with Gasteiger partial charge in [0.05, 0.1) is 12.2 Å². The summed E-state index contributed by atoms with van der Waals surface area (Å²) in [6, 6.07) is 0. The van der Waals surface area contributed by atoms with Gasteiger partial charge >= 0.3 is 6.09 Å². The molecule has 2 aliphatic heterocycles. The maximum atomic E-state index is 11.5. The number of hydrogen-bond donors (Lipinski definition) is 0. The fourth-order valence-corrected chi connectivity index (χ4v) is 2.96. The fourth-order valence-electron chi connectivity index (χ4n) is 2.96. The first kappa shape index (κ1) is 13.4. The average molecular weight is 279 g/mol. The molecule has 2 saturated heterocycles. The smallest absolute Gasteiger partial charge is 0.410 e. The fraction of sp³-hybridized carbons (Fsp3) is 0.714. The van der Waals surface area contributed by atoms with Gasteiger partial charge in [-0.2, -0.15) is 0 Å². The number of carbonyl (C=O) groups is 1. The van der Waals surface area contributed by atoms with Gasteiger partial charge in [0.25, 0.3) is 0 Å². The molecule has 2 fully saturated rings. The Morgan fingerprint density at radius 1 is 1.45 bits per heavy atom. The second kappa shape index (κ2) is 4.77. The van der Waals surface area contributed by atoms with Crippen LogP contribution in [0.2, 0.25) is 0 Å². The van der Waals surface area contributed by atoms with E-state index in [0.29, 0.717) is 12.5 Å². The van der Waals surface area contributed by atoms with Crippen molar-refractivity contribution in [2.45, 2.75) is 38.3 Å². The van der Waals surface area contributed by atoms with Crippen molar-refractivity contribution < 1.29 is 13.9 Å². The minimum Gasteiger partial charge on any atom is -0.448 e. The van der Waals surface area contributed by atoms with E-state index >= 15 is 0 Å². The van der Waals surface area contributed by atoms with Crippen LogP contribution in [0.1, 0.15) is 37.8 Å². The number of hydrogen-bond acceptors (Lipinski definition) is 5. The lowest BCUT2D eigenvalue weighted by Gasteiger charge is -2.21. The van der Waals surface area contributed by atoms with Crippen LogP contribution in [0.4, 0.5) is 4.79 Å². The van der Waals surface area contributed by atoms with E-state index in [1.165, 1.54) is 0 Å². The first-order valence-corrected chi connectivity index (χ1v) is 7.08. The number of rotatable bonds is 3. The maximum Gasteiger partial charge on any atom is 0.410 e. The van der Waals surface area contributed by atoms with E-state index in [2.05, 4.69) is 23.7 Å². The van der Waals surface area contributed by atoms with Crippen LogP contribution in [-0.2, 0) is 11.3 Å². The molecular formula is C14H21N3O3. The van der Waals surface area contributed by atoms with Gasteiger partial charge in [-0.1, -0.05) is 13.8 Å². The summed E-state index contributed by atoms with van der Waals surface area (Å²) in [4.78, 5) is 19.9. The minimum absolute atomic E-state index is 0.213. The van der Waals surface area contributed by atoms with Crippen LogP contribution >= 0.6 is 0 Å². The molecule has 1 amide bonds. The second-order valence-corrected chi connectivity index (χ2v) is 6.20. The molecule has 2 aliphatic rings. The van der Waals surface area contributed by atoms with Gasteiger partial charge in [0, 0.05) is 39.0 Å². The molecule has 1 aromatic rings. The molecule has 0 saturated carbocycles. The Balaban J connectivity index is 1.61. The molecule has 1 atom stereocenters. The molecule has 0 aliphatic carbocycles. The molecule has 0 aromatic carbocycles. The predicted molar refractivity (Wildman–Crippen MR) is 72.3 cm³/mol. The normalized spacial score (nSPS) is 27.0. The number of likely N-dealkylation sites (N-methyl/N-ethyl adjacent to an activating group) is 1. The van der Waals surface area contributed by atoms with Gasteiger partial charge in [0.2, 0.25) is 0 Å². The zero-order valence-electron chi connectivity index (χ0n) is 12.3. The summed E-state index contributed by atoms with van der Waals surface area (Å²) in [6.07, 6.45) is 2.40. The number of nitrogens with zero attached hydrogens (tertiary/aromatic N) is 3. The SMILES string of the molecule is CC(C)c1nc(CN2CCC3(C2)CN(C)C(=O)O3)co1. The monoisotopic (exact) mass is 279 g/mol. The van der Waals surface area contributed by atoms with E-state index < -0.39 is 0 Å². The average Bonchev–Trinajstić information content (AvgIpc) is 3.03. The highest BCUT2D eigenvalue weighted by Crippen LogP contribution is 2.32. The van der Waals surface area contributed by atoms with Gasteiger partial charge < -0.3 is 14.1 Å². The minimum atomic E-state index is -0.323. The molecule has 110 valence electrons. The largest absolute Gasteiger partial charge is 0.448 e. The Morgan fingerprint density at radius 2 is 2.25 bits per heavy atom. The topological polar surface area (TPSA) is 58.8 Å². The maximum absolute atomic E-state index is 11.5. The Morgan fingerprint density at radius 3 is 2.85 bits per heavy atom. The van der Waals surface area contributed by atoms with Crippen LogP contribution in [0.5, 0.6) is 0 Å². The molecular weight excluding hydrogens is 258 g/mol. The Kier molecular flexibility index (Phi) is 3.20. The molecule has 1 spiro atoms. The molecule has 0 radical (unpaired) electrons. The van der Waals surface area contributed by atoms with Crippen molar-refractivity contribution in [2.24, 2.45) is 0 Å². The summed E-state index contributed by atoms with van der Waals surface area (Å²) in [5.41, 5.74) is 0.625. The first-order valence-electron chi connectivity index (χ1n) is 7.08. The van der Waals surface area contributed by atoms with Crippen molar-refractivity contribution in [2.75, 3.05) is 26.7 Å². The van der Waals surface area contributed by atoms with E-state index in [1.807, 2.05) is 0 Å². The summed E-state index contributed by atoms with van der Waals surface area (Å²) in [6.45, 7) is 7.25. The summed E-state index contributed by atoms with van der Waals surface area (Å²) in [5, 5.41) is 0. The van der Waals surface area contributed by atoms with E-state index in [-0.39, 0.29) is 11.7 Å². The highest BCUT2D eigenvalue weighted by molar-refractivity contribution is 5.70. The van der Waals surface area contributed by atoms with Crippen LogP contribution in [0, 0.1) is 0 Å². The molecule has 6 nitrogen and oxygen atoms in total. The lowest BCUT2D eigenvalue weighted by atomic mass is 10.0. The van der Waals surface area contributed by atoms with Crippen molar-refractivity contribution in [3.05, 3.63) is 17.8 Å². The van der Waals surface area contributed by atoms with Crippen LogP contribution in [-0.4, -0.2) is 53.2 Å². The van der Waals surface area contributed by atoms with Gasteiger partial charge in [0.15, 0.2) is 5.89 Å². The number of aromatic nitrogens is 1. The van der Waals surface area contributed by atoms with E-state index in [0.717, 1.165) is 37.6 Å². The van der Waals surface area contributed by atoms with Crippen LogP contribution in [0.3, 0.4) is 0 Å². The van der Waals surface area contributed by atoms with E-state index in [4.69, 9.17) is 9.15 Å². The van der Waals surface area contributed by atoms with Crippen molar-refractivity contribution in [3.63, 3.8) is 0 Å². The lowest BCUT2D eigenvalue weighted by molar-refractivity contribution is 0.0626. The van der Waals surface area contributed by atoms with E-state index in [1.54, 1.807) is 18.2 Å². The number of amides is 1. The third-order valence-electron chi connectivity index (χ3n) is 3.99. The third kappa shape index (κ3) is 2.40. The highest BCUT2D eigenvalue weighted by atomic mass is 16.6. The highest BCUT2D eigenvalue weighted by Gasteiger charge is 2.48. The Labute approximate surface area is 118 Å². The predicted octanol–water partition coefficient (Wildman–Crippen LogP) is 1.82. The third-order valence-corrected chi connectivity index (χ3v) is 3.99. The Hall–Kier alpha value is -1.56. The quantitative estimate of drug-likeness (QED) is 0.844. The van der Waals surface area contributed by atoms with Gasteiger partial charge in [-0.25, -0.2) is 9.78 Å². The zero-order chi connectivity index (χ0) is 14.3. The molecule has 1 aromatic heterocycles. The summed E-state index contributed by atoms with van der Waals surface area (Å²) < 4.78 is 11.0. The standard InChI is InChI=1S/C14H21N3O3/c1-10(2)12-15-11(7-19-12)6-17-5-4-14(9-17)8-16(3)13(18)20-14/h7,10H,4-6,8-9H2,1-3H3. The molecule has 3 rings (SSSR count). The summed E-state index contributed by atoms with van der Waals surface area (Å²) >= 11 is 0. The number of ether oxygens (including phenoxy) is 1. The molecule has 0 bridgehead atoms. The van der Waals surface area contributed by atoms with Crippen molar-refractivity contribution in [1.82, 2.24) is 14.8 Å². The van der Waals surface area contributed by atoms with Gasteiger partial charge in [-0.05, 0) is 0 Å². The van der Waals surface area contributed by atoms with Gasteiger partial charge in [0.1, 0.15) is 11.9 Å². The van der Waals surface area contributed by atoms with Gasteiger partial charge in [-0.15, -0.1) is 0 Å². The Bertz CT molecular complexity index is 514. The van der Waals surface area contributed by atoms with Crippen molar-refractivity contribution in [1.29, 1.82) is 0 Å². The zero-order valence-corrected chi connectivity index (χ0v) is 12.3. The van der Waals surface area contributed by atoms with Crippen LogP contribution in [0.25, 0.3) is 0 Å². The van der Waals surface area contributed by atoms with Gasteiger partial charge in [-0.3, -0.25) is 4.90 Å². The molecule has 20 heavy (non-hydrogen) atoms. The molecule has 6 heteroatoms. The summed E-state index contributed by atoms with van der Waals surface area (Å²) in [5.74, 6) is 1.08. The van der Waals surface area contributed by atoms with Crippen LogP contribution in [0.15, 0.2) is 10.7 Å². The lowest BCUT2D eigenvalue weighted by Crippen LogP contribution is -2.37. The second-order valence-electron chi connectivity index (χ2n) is 6.20. The number of likely N-dealkylation sites (tertiary alicyclic amines) is 1. The summed E-state index contributed by atoms with van der Waals surface area (Å²) in [7, 11) is 1.78. The molecule has 1 unspecified atom stereocenters. The molecule has 3 heterocycles. The van der Waals surface area contributed by atoms with Crippen molar-refractivity contribution in [3.8, 4) is 0 Å². The number of oxazole rings is 1.